The molecule has 33 heavy (non-hydrogen) atoms. The maximum absolute atomic E-state index is 13.1. The van der Waals surface area contributed by atoms with Crippen molar-refractivity contribution in [2.45, 2.75) is 13.5 Å². The summed E-state index contributed by atoms with van der Waals surface area (Å²) in [5.41, 5.74) is 2.96. The number of nitrogens with one attached hydrogen (secondary N) is 2. The van der Waals surface area contributed by atoms with Crippen molar-refractivity contribution in [2.75, 3.05) is 10.6 Å². The zero-order chi connectivity index (χ0) is 22.8. The third-order valence-electron chi connectivity index (χ3n) is 4.93. The van der Waals surface area contributed by atoms with Gasteiger partial charge in [0, 0.05) is 33.4 Å². The van der Waals surface area contributed by atoms with Crippen LogP contribution in [0.1, 0.15) is 31.3 Å². The lowest BCUT2D eigenvalue weighted by molar-refractivity contribution is 0.102. The smallest absolute Gasteiger partial charge is 0.257 e. The van der Waals surface area contributed by atoms with Gasteiger partial charge in [-0.2, -0.15) is 5.10 Å². The molecule has 0 saturated carbocycles. The number of fused-ring (bicyclic) bond motifs is 1. The summed E-state index contributed by atoms with van der Waals surface area (Å²) in [5, 5.41) is 15.1. The molecule has 1 aromatic carbocycles. The van der Waals surface area contributed by atoms with Gasteiger partial charge in [0.1, 0.15) is 0 Å². The average Bonchev–Trinajstić information content (AvgIpc) is 3.58. The Morgan fingerprint density at radius 1 is 1.03 bits per heavy atom. The molecule has 0 radical (unpaired) electrons. The normalized spacial score (nSPS) is 10.9. The van der Waals surface area contributed by atoms with Gasteiger partial charge in [0.25, 0.3) is 11.8 Å². The third-order valence-corrected chi connectivity index (χ3v) is 6.48. The molecular formula is C23H18N6O2S2. The molecule has 0 unspecified atom stereocenters. The van der Waals surface area contributed by atoms with Crippen LogP contribution >= 0.6 is 22.7 Å². The molecule has 8 nitrogen and oxygen atoms in total. The quantitative estimate of drug-likeness (QED) is 0.368. The van der Waals surface area contributed by atoms with Crippen molar-refractivity contribution in [2.24, 2.45) is 0 Å². The van der Waals surface area contributed by atoms with E-state index in [1.54, 1.807) is 64.1 Å². The molecule has 2 amide bonds. The lowest BCUT2D eigenvalue weighted by atomic mass is 10.1. The summed E-state index contributed by atoms with van der Waals surface area (Å²) in [6.45, 7) is 2.46. The Hall–Kier alpha value is -3.89. The van der Waals surface area contributed by atoms with E-state index in [1.165, 1.54) is 11.3 Å². The first-order valence-electron chi connectivity index (χ1n) is 10.0. The highest BCUT2D eigenvalue weighted by Gasteiger charge is 2.17. The third kappa shape index (κ3) is 4.52. The summed E-state index contributed by atoms with van der Waals surface area (Å²) in [6, 6.07) is 12.5. The number of hydrogen-bond donors (Lipinski definition) is 2. The minimum absolute atomic E-state index is 0.257. The van der Waals surface area contributed by atoms with Crippen LogP contribution in [0.25, 0.3) is 11.0 Å². The van der Waals surface area contributed by atoms with E-state index in [1.807, 2.05) is 24.4 Å². The van der Waals surface area contributed by atoms with Crippen molar-refractivity contribution < 1.29 is 9.59 Å². The summed E-state index contributed by atoms with van der Waals surface area (Å²) in [5.74, 6) is -0.520. The number of aromatic nitrogens is 4. The molecule has 0 saturated heterocycles. The number of thiophene rings is 1. The molecular weight excluding hydrogens is 456 g/mol. The van der Waals surface area contributed by atoms with Crippen LogP contribution in [0.15, 0.2) is 65.6 Å². The van der Waals surface area contributed by atoms with Crippen LogP contribution in [0.3, 0.4) is 0 Å². The van der Waals surface area contributed by atoms with E-state index in [0.29, 0.717) is 39.5 Å². The molecule has 0 atom stereocenters. The SMILES string of the molecule is Cc1cc(C(=O)Nc2ccc(C(=O)Nc3nccs3)cc2)c2cnn(Cc3cccs3)c2n1. The van der Waals surface area contributed by atoms with Crippen molar-refractivity contribution >= 4 is 56.3 Å². The Kier molecular flexibility index (Phi) is 5.68. The molecule has 0 bridgehead atoms. The fraction of sp³-hybridized carbons (Fsp3) is 0.0870. The lowest BCUT2D eigenvalue weighted by Crippen LogP contribution is -2.14. The molecule has 5 aromatic rings. The van der Waals surface area contributed by atoms with Crippen molar-refractivity contribution in [3.05, 3.63) is 87.3 Å². The van der Waals surface area contributed by atoms with Gasteiger partial charge in [-0.1, -0.05) is 6.07 Å². The summed E-state index contributed by atoms with van der Waals surface area (Å²) in [6.07, 6.45) is 3.30. The highest BCUT2D eigenvalue weighted by atomic mass is 32.1. The first kappa shape index (κ1) is 21.0. The second-order valence-electron chi connectivity index (χ2n) is 7.25. The first-order chi connectivity index (χ1) is 16.1. The van der Waals surface area contributed by atoms with E-state index in [0.717, 1.165) is 10.6 Å². The molecule has 4 heterocycles. The Morgan fingerprint density at radius 3 is 2.61 bits per heavy atom. The fourth-order valence-corrected chi connectivity index (χ4v) is 4.59. The largest absolute Gasteiger partial charge is 0.322 e. The van der Waals surface area contributed by atoms with Gasteiger partial charge in [0.05, 0.1) is 23.7 Å². The van der Waals surface area contributed by atoms with Crippen molar-refractivity contribution in [3.63, 3.8) is 0 Å². The maximum atomic E-state index is 13.1. The molecule has 0 aliphatic heterocycles. The molecule has 4 aromatic heterocycles. The average molecular weight is 475 g/mol. The standard InChI is InChI=1S/C23H18N6O2S2/c1-14-11-18(19-12-25-29(20(19)26-14)13-17-3-2-9-32-17)22(31)27-16-6-4-15(5-7-16)21(30)28-23-24-8-10-33-23/h2-12H,13H2,1H3,(H,27,31)(H,24,28,30). The van der Waals surface area contributed by atoms with Gasteiger partial charge in [0.2, 0.25) is 0 Å². The van der Waals surface area contributed by atoms with Crippen LogP contribution in [0.5, 0.6) is 0 Å². The number of carbonyl (C=O) groups is 2. The summed E-state index contributed by atoms with van der Waals surface area (Å²) < 4.78 is 1.81. The first-order valence-corrected chi connectivity index (χ1v) is 11.8. The lowest BCUT2D eigenvalue weighted by Gasteiger charge is -2.09. The second-order valence-corrected chi connectivity index (χ2v) is 9.18. The van der Waals surface area contributed by atoms with Crippen molar-refractivity contribution in [1.82, 2.24) is 19.7 Å². The number of carbonyl (C=O) groups excluding carboxylic acids is 2. The minimum Gasteiger partial charge on any atom is -0.322 e. The number of pyridine rings is 1. The van der Waals surface area contributed by atoms with Crippen molar-refractivity contribution in [3.8, 4) is 0 Å². The Labute approximate surface area is 196 Å². The molecule has 5 rings (SSSR count). The Morgan fingerprint density at radius 2 is 1.88 bits per heavy atom. The number of amides is 2. The van der Waals surface area contributed by atoms with Gasteiger partial charge in [-0.15, -0.1) is 22.7 Å². The van der Waals surface area contributed by atoms with Crippen LogP contribution in [-0.4, -0.2) is 31.6 Å². The monoisotopic (exact) mass is 474 g/mol. The van der Waals surface area contributed by atoms with Gasteiger partial charge in [-0.05, 0) is 48.7 Å². The predicted molar refractivity (Wildman–Crippen MR) is 130 cm³/mol. The molecule has 2 N–H and O–H groups in total. The van der Waals surface area contributed by atoms with E-state index in [9.17, 15) is 9.59 Å². The molecule has 164 valence electrons. The molecule has 0 aliphatic carbocycles. The van der Waals surface area contributed by atoms with Gasteiger partial charge < -0.3 is 5.32 Å². The van der Waals surface area contributed by atoms with E-state index >= 15 is 0 Å². The molecule has 0 spiro atoms. The van der Waals surface area contributed by atoms with Gasteiger partial charge in [-0.25, -0.2) is 14.6 Å². The summed E-state index contributed by atoms with van der Waals surface area (Å²) in [4.78, 5) is 35.2. The van der Waals surface area contributed by atoms with E-state index in [-0.39, 0.29) is 11.8 Å². The van der Waals surface area contributed by atoms with Crippen LogP contribution in [0, 0.1) is 6.92 Å². The molecule has 0 aliphatic rings. The summed E-state index contributed by atoms with van der Waals surface area (Å²) in [7, 11) is 0. The number of benzene rings is 1. The summed E-state index contributed by atoms with van der Waals surface area (Å²) >= 11 is 3.00. The minimum atomic E-state index is -0.263. The van der Waals surface area contributed by atoms with Crippen LogP contribution in [0.4, 0.5) is 10.8 Å². The highest BCUT2D eigenvalue weighted by molar-refractivity contribution is 7.13. The fourth-order valence-electron chi connectivity index (χ4n) is 3.38. The number of rotatable bonds is 6. The maximum Gasteiger partial charge on any atom is 0.257 e. The number of anilines is 2. The number of nitrogens with zero attached hydrogens (tertiary/aromatic N) is 4. The highest BCUT2D eigenvalue weighted by Crippen LogP contribution is 2.22. The second kappa shape index (κ2) is 8.93. The number of hydrogen-bond acceptors (Lipinski definition) is 7. The zero-order valence-corrected chi connectivity index (χ0v) is 19.1. The molecule has 10 heteroatoms. The topological polar surface area (TPSA) is 102 Å². The Balaban J connectivity index is 1.34. The zero-order valence-electron chi connectivity index (χ0n) is 17.5. The predicted octanol–water partition coefficient (Wildman–Crippen LogP) is 4.81. The van der Waals surface area contributed by atoms with Crippen LogP contribution in [-0.2, 0) is 6.54 Å². The number of aryl methyl sites for hydroxylation is 1. The van der Waals surface area contributed by atoms with E-state index < -0.39 is 0 Å². The van der Waals surface area contributed by atoms with Gasteiger partial charge >= 0.3 is 0 Å². The van der Waals surface area contributed by atoms with Crippen molar-refractivity contribution in [1.29, 1.82) is 0 Å². The molecule has 0 fully saturated rings. The Bertz CT molecular complexity index is 1420. The van der Waals surface area contributed by atoms with Gasteiger partial charge in [-0.3, -0.25) is 14.9 Å². The van der Waals surface area contributed by atoms with Gasteiger partial charge in [0.15, 0.2) is 10.8 Å². The van der Waals surface area contributed by atoms with Crippen LogP contribution in [0.2, 0.25) is 0 Å². The number of thiazole rings is 1. The van der Waals surface area contributed by atoms with E-state index in [2.05, 4.69) is 25.7 Å². The van der Waals surface area contributed by atoms with Crippen LogP contribution < -0.4 is 10.6 Å². The van der Waals surface area contributed by atoms with E-state index in [4.69, 9.17) is 0 Å².